The van der Waals surface area contributed by atoms with E-state index in [-0.39, 0.29) is 11.8 Å². The van der Waals surface area contributed by atoms with E-state index >= 15 is 0 Å². The molecule has 0 unspecified atom stereocenters. The number of halogens is 2. The van der Waals surface area contributed by atoms with Crippen molar-refractivity contribution in [2.45, 2.75) is 13.8 Å². The molecule has 3 nitrogen and oxygen atoms in total. The zero-order chi connectivity index (χ0) is 13.9. The predicted molar refractivity (Wildman–Crippen MR) is 73.2 cm³/mol. The number of benzene rings is 1. The summed E-state index contributed by atoms with van der Waals surface area (Å²) in [6.45, 7) is 3.91. The van der Waals surface area contributed by atoms with Gasteiger partial charge >= 0.3 is 5.97 Å². The number of hydrogen-bond acceptors (Lipinski definition) is 3. The van der Waals surface area contributed by atoms with E-state index in [0.29, 0.717) is 12.2 Å². The van der Waals surface area contributed by atoms with Crippen molar-refractivity contribution in [1.82, 2.24) is 0 Å². The first-order chi connectivity index (χ1) is 8.27. The maximum atomic E-state index is 13.7. The van der Waals surface area contributed by atoms with Crippen LogP contribution < -0.4 is 4.90 Å². The van der Waals surface area contributed by atoms with E-state index in [2.05, 4.69) is 15.9 Å². The van der Waals surface area contributed by atoms with Crippen LogP contribution in [0.3, 0.4) is 0 Å². The molecule has 18 heavy (non-hydrogen) atoms. The van der Waals surface area contributed by atoms with Gasteiger partial charge in [-0.05, 0) is 32.0 Å². The van der Waals surface area contributed by atoms with Gasteiger partial charge in [-0.2, -0.15) is 0 Å². The van der Waals surface area contributed by atoms with Gasteiger partial charge in [0.25, 0.3) is 0 Å². The largest absolute Gasteiger partial charge is 0.469 e. The van der Waals surface area contributed by atoms with Gasteiger partial charge < -0.3 is 9.64 Å². The molecule has 0 atom stereocenters. The average molecular weight is 318 g/mol. The number of carbonyl (C=O) groups is 1. The number of anilines is 1. The zero-order valence-corrected chi connectivity index (χ0v) is 12.5. The molecule has 100 valence electrons. The second kappa shape index (κ2) is 5.69. The number of carbonyl (C=O) groups excluding carboxylic acids is 1. The third-order valence-electron chi connectivity index (χ3n) is 2.69. The molecular weight excluding hydrogens is 301 g/mol. The SMILES string of the molecule is COC(=O)C(C)(C)CN(C)c1cc(Br)ccc1F. The molecule has 0 saturated carbocycles. The van der Waals surface area contributed by atoms with Gasteiger partial charge in [-0.1, -0.05) is 15.9 Å². The summed E-state index contributed by atoms with van der Waals surface area (Å²) in [6, 6.07) is 4.71. The molecule has 0 aliphatic carbocycles. The summed E-state index contributed by atoms with van der Waals surface area (Å²) in [6.07, 6.45) is 0. The summed E-state index contributed by atoms with van der Waals surface area (Å²) >= 11 is 3.30. The van der Waals surface area contributed by atoms with Crippen molar-refractivity contribution in [1.29, 1.82) is 0 Å². The molecule has 5 heteroatoms. The fourth-order valence-electron chi connectivity index (χ4n) is 1.80. The van der Waals surface area contributed by atoms with Crippen LogP contribution in [-0.4, -0.2) is 26.7 Å². The van der Waals surface area contributed by atoms with Gasteiger partial charge in [0.05, 0.1) is 18.2 Å². The van der Waals surface area contributed by atoms with Gasteiger partial charge in [0, 0.05) is 18.1 Å². The first-order valence-electron chi connectivity index (χ1n) is 5.52. The molecule has 0 aliphatic heterocycles. The molecule has 0 fully saturated rings. The summed E-state index contributed by atoms with van der Waals surface area (Å²) in [5.41, 5.74) is -0.250. The third-order valence-corrected chi connectivity index (χ3v) is 3.18. The Bertz CT molecular complexity index is 449. The van der Waals surface area contributed by atoms with E-state index in [1.807, 2.05) is 0 Å². The summed E-state index contributed by atoms with van der Waals surface area (Å²) < 4.78 is 19.2. The zero-order valence-electron chi connectivity index (χ0n) is 11.0. The van der Waals surface area contributed by atoms with E-state index in [0.717, 1.165) is 4.47 Å². The van der Waals surface area contributed by atoms with Gasteiger partial charge in [-0.15, -0.1) is 0 Å². The molecule has 0 aliphatic rings. The summed E-state index contributed by atoms with van der Waals surface area (Å²) in [5, 5.41) is 0. The predicted octanol–water partition coefficient (Wildman–Crippen LogP) is 3.22. The molecule has 0 bridgehead atoms. The Kier molecular flexibility index (Phi) is 4.73. The first-order valence-corrected chi connectivity index (χ1v) is 6.32. The number of esters is 1. The minimum Gasteiger partial charge on any atom is -0.469 e. The second-order valence-corrected chi connectivity index (χ2v) is 5.74. The van der Waals surface area contributed by atoms with Crippen LogP contribution in [0.25, 0.3) is 0 Å². The summed E-state index contributed by atoms with van der Waals surface area (Å²) in [5.74, 6) is -0.633. The van der Waals surface area contributed by atoms with E-state index in [1.54, 1.807) is 37.9 Å². The fraction of sp³-hybridized carbons (Fsp3) is 0.462. The minimum absolute atomic E-state index is 0.315. The first kappa shape index (κ1) is 15.0. The molecular formula is C13H17BrFNO2. The van der Waals surface area contributed by atoms with E-state index in [9.17, 15) is 9.18 Å². The molecule has 1 aromatic carbocycles. The summed E-state index contributed by atoms with van der Waals surface area (Å²) in [4.78, 5) is 13.3. The van der Waals surface area contributed by atoms with Gasteiger partial charge in [0.1, 0.15) is 5.82 Å². The van der Waals surface area contributed by atoms with Crippen molar-refractivity contribution in [3.63, 3.8) is 0 Å². The summed E-state index contributed by atoms with van der Waals surface area (Å²) in [7, 11) is 3.10. The lowest BCUT2D eigenvalue weighted by atomic mass is 9.93. The second-order valence-electron chi connectivity index (χ2n) is 4.83. The molecule has 1 rings (SSSR count). The molecule has 0 N–H and O–H groups in total. The molecule has 0 aromatic heterocycles. The van der Waals surface area contributed by atoms with Crippen molar-refractivity contribution < 1.29 is 13.9 Å². The highest BCUT2D eigenvalue weighted by Crippen LogP contribution is 2.27. The molecule has 0 amide bonds. The molecule has 0 spiro atoms. The van der Waals surface area contributed by atoms with Crippen LogP contribution in [0.2, 0.25) is 0 Å². The van der Waals surface area contributed by atoms with Gasteiger partial charge in [0.15, 0.2) is 0 Å². The number of methoxy groups -OCH3 is 1. The van der Waals surface area contributed by atoms with Crippen LogP contribution in [0.5, 0.6) is 0 Å². The van der Waals surface area contributed by atoms with Crippen molar-refractivity contribution in [2.24, 2.45) is 5.41 Å². The number of ether oxygens (including phenoxy) is 1. The lowest BCUT2D eigenvalue weighted by Gasteiger charge is -2.29. The Morgan fingerprint density at radius 1 is 1.50 bits per heavy atom. The Hall–Kier alpha value is -1.10. The number of hydrogen-bond donors (Lipinski definition) is 0. The van der Waals surface area contributed by atoms with E-state index in [1.165, 1.54) is 13.2 Å². The molecule has 1 aromatic rings. The van der Waals surface area contributed by atoms with Gasteiger partial charge in [0.2, 0.25) is 0 Å². The third kappa shape index (κ3) is 3.45. The van der Waals surface area contributed by atoms with Gasteiger partial charge in [-0.3, -0.25) is 4.79 Å². The number of rotatable bonds is 4. The van der Waals surface area contributed by atoms with Crippen LogP contribution in [0, 0.1) is 11.2 Å². The highest BCUT2D eigenvalue weighted by Gasteiger charge is 2.30. The minimum atomic E-state index is -0.696. The highest BCUT2D eigenvalue weighted by molar-refractivity contribution is 9.10. The van der Waals surface area contributed by atoms with Crippen LogP contribution in [0.1, 0.15) is 13.8 Å². The maximum absolute atomic E-state index is 13.7. The molecule has 0 heterocycles. The quantitative estimate of drug-likeness (QED) is 0.798. The monoisotopic (exact) mass is 317 g/mol. The van der Waals surface area contributed by atoms with Crippen LogP contribution >= 0.6 is 15.9 Å². The Balaban J connectivity index is 2.91. The normalized spacial score (nSPS) is 11.2. The Morgan fingerprint density at radius 2 is 2.11 bits per heavy atom. The number of nitrogens with zero attached hydrogens (tertiary/aromatic N) is 1. The van der Waals surface area contributed by atoms with Gasteiger partial charge in [-0.25, -0.2) is 4.39 Å². The maximum Gasteiger partial charge on any atom is 0.313 e. The lowest BCUT2D eigenvalue weighted by Crippen LogP contribution is -2.38. The molecule has 0 saturated heterocycles. The highest BCUT2D eigenvalue weighted by atomic mass is 79.9. The van der Waals surface area contributed by atoms with E-state index in [4.69, 9.17) is 4.74 Å². The van der Waals surface area contributed by atoms with E-state index < -0.39 is 5.41 Å². The van der Waals surface area contributed by atoms with Crippen molar-refractivity contribution in [2.75, 3.05) is 25.6 Å². The van der Waals surface area contributed by atoms with Crippen LogP contribution in [0.15, 0.2) is 22.7 Å². The lowest BCUT2D eigenvalue weighted by molar-refractivity contribution is -0.150. The molecule has 0 radical (unpaired) electrons. The topological polar surface area (TPSA) is 29.5 Å². The van der Waals surface area contributed by atoms with Crippen molar-refractivity contribution in [3.05, 3.63) is 28.5 Å². The van der Waals surface area contributed by atoms with Crippen molar-refractivity contribution >= 4 is 27.6 Å². The fourth-order valence-corrected chi connectivity index (χ4v) is 2.15. The van der Waals surface area contributed by atoms with Crippen molar-refractivity contribution in [3.8, 4) is 0 Å². The average Bonchev–Trinajstić information content (AvgIpc) is 2.30. The van der Waals surface area contributed by atoms with Crippen LogP contribution in [0.4, 0.5) is 10.1 Å². The standard InChI is InChI=1S/C13H17BrFNO2/c1-13(2,12(17)18-4)8-16(3)11-7-9(14)5-6-10(11)15/h5-7H,8H2,1-4H3. The smallest absolute Gasteiger partial charge is 0.313 e. The Labute approximate surface area is 115 Å². The van der Waals surface area contributed by atoms with Crippen LogP contribution in [-0.2, 0) is 9.53 Å². The Morgan fingerprint density at radius 3 is 2.67 bits per heavy atom.